The lowest BCUT2D eigenvalue weighted by Crippen LogP contribution is -2.04. The van der Waals surface area contributed by atoms with Gasteiger partial charge in [-0.3, -0.25) is 14.9 Å². The maximum atomic E-state index is 11.5. The molecule has 0 bridgehead atoms. The Morgan fingerprint density at radius 3 is 2.83 bits per heavy atom. The number of ether oxygens (including phenoxy) is 1. The first-order valence-corrected chi connectivity index (χ1v) is 5.29. The van der Waals surface area contributed by atoms with Crippen LogP contribution in [0.15, 0.2) is 30.9 Å². The minimum atomic E-state index is -0.631. The third kappa shape index (κ3) is 3.39. The summed E-state index contributed by atoms with van der Waals surface area (Å²) in [5.41, 5.74) is -0.342. The van der Waals surface area contributed by atoms with E-state index in [4.69, 9.17) is 9.84 Å². The summed E-state index contributed by atoms with van der Waals surface area (Å²) < 4.78 is 5.25. The van der Waals surface area contributed by atoms with Crippen LogP contribution in [0.3, 0.4) is 0 Å². The number of nitro benzene ring substituents is 1. The minimum absolute atomic E-state index is 0.00851. The van der Waals surface area contributed by atoms with Crippen molar-refractivity contribution in [3.05, 3.63) is 46.5 Å². The normalized spacial score (nSPS) is 9.83. The first kappa shape index (κ1) is 13.9. The van der Waals surface area contributed by atoms with Gasteiger partial charge in [-0.05, 0) is 18.2 Å². The van der Waals surface area contributed by atoms with Gasteiger partial charge in [0.2, 0.25) is 0 Å². The van der Waals surface area contributed by atoms with E-state index in [9.17, 15) is 14.9 Å². The molecule has 0 heterocycles. The number of carbonyl (C=O) groups excluding carboxylic acids is 1. The van der Waals surface area contributed by atoms with E-state index in [0.29, 0.717) is 12.2 Å². The number of aliphatic hydroxyl groups excluding tert-OH is 1. The Kier molecular flexibility index (Phi) is 5.01. The van der Waals surface area contributed by atoms with Crippen LogP contribution in [0.5, 0.6) is 5.75 Å². The lowest BCUT2D eigenvalue weighted by Gasteiger charge is -2.06. The van der Waals surface area contributed by atoms with Gasteiger partial charge in [-0.1, -0.05) is 6.58 Å². The van der Waals surface area contributed by atoms with Crippen molar-refractivity contribution in [1.82, 2.24) is 0 Å². The maximum Gasteiger partial charge on any atom is 0.280 e. The van der Waals surface area contributed by atoms with Crippen molar-refractivity contribution in [3.8, 4) is 5.75 Å². The molecule has 18 heavy (non-hydrogen) atoms. The van der Waals surface area contributed by atoms with Gasteiger partial charge in [-0.25, -0.2) is 0 Å². The second-order valence-corrected chi connectivity index (χ2v) is 3.43. The highest BCUT2D eigenvalue weighted by Crippen LogP contribution is 2.24. The predicted octanol–water partition coefficient (Wildman–Crippen LogP) is 1.72. The SMILES string of the molecule is C=CC(=O)c1cc(OCCCO)ccc1[N+](=O)[O-]. The Hall–Kier alpha value is -2.21. The van der Waals surface area contributed by atoms with Gasteiger partial charge in [0.25, 0.3) is 5.69 Å². The molecular weight excluding hydrogens is 238 g/mol. The average Bonchev–Trinajstić information content (AvgIpc) is 2.37. The number of benzene rings is 1. The Bertz CT molecular complexity index is 470. The third-order valence-electron chi connectivity index (χ3n) is 2.19. The van der Waals surface area contributed by atoms with Gasteiger partial charge < -0.3 is 9.84 Å². The van der Waals surface area contributed by atoms with Crippen molar-refractivity contribution in [1.29, 1.82) is 0 Å². The van der Waals surface area contributed by atoms with E-state index in [0.717, 1.165) is 6.08 Å². The van der Waals surface area contributed by atoms with Crippen molar-refractivity contribution >= 4 is 11.5 Å². The van der Waals surface area contributed by atoms with Gasteiger partial charge >= 0.3 is 0 Å². The molecule has 0 aliphatic carbocycles. The number of aliphatic hydroxyl groups is 1. The smallest absolute Gasteiger partial charge is 0.280 e. The molecule has 1 N–H and O–H groups in total. The molecular formula is C12H13NO5. The van der Waals surface area contributed by atoms with Crippen molar-refractivity contribution in [2.75, 3.05) is 13.2 Å². The summed E-state index contributed by atoms with van der Waals surface area (Å²) in [5.74, 6) is -0.187. The molecule has 6 heteroatoms. The summed E-state index contributed by atoms with van der Waals surface area (Å²) in [6.45, 7) is 3.56. The van der Waals surface area contributed by atoms with E-state index in [2.05, 4.69) is 6.58 Å². The van der Waals surface area contributed by atoms with Crippen molar-refractivity contribution in [2.45, 2.75) is 6.42 Å². The molecule has 0 amide bonds. The molecule has 1 rings (SSSR count). The highest BCUT2D eigenvalue weighted by molar-refractivity contribution is 6.07. The van der Waals surface area contributed by atoms with Crippen LogP contribution in [0.4, 0.5) is 5.69 Å². The van der Waals surface area contributed by atoms with Crippen LogP contribution < -0.4 is 4.74 Å². The van der Waals surface area contributed by atoms with Gasteiger partial charge in [0.1, 0.15) is 11.3 Å². The van der Waals surface area contributed by atoms with Crippen LogP contribution in [0.2, 0.25) is 0 Å². The molecule has 0 aliphatic heterocycles. The van der Waals surface area contributed by atoms with E-state index >= 15 is 0 Å². The second-order valence-electron chi connectivity index (χ2n) is 3.43. The van der Waals surface area contributed by atoms with Crippen LogP contribution in [0, 0.1) is 10.1 Å². The summed E-state index contributed by atoms with van der Waals surface area (Å²) in [4.78, 5) is 21.6. The molecule has 0 atom stereocenters. The van der Waals surface area contributed by atoms with Gasteiger partial charge in [-0.2, -0.15) is 0 Å². The van der Waals surface area contributed by atoms with Crippen LogP contribution in [-0.2, 0) is 0 Å². The second kappa shape index (κ2) is 6.51. The fourth-order valence-corrected chi connectivity index (χ4v) is 1.33. The van der Waals surface area contributed by atoms with Gasteiger partial charge in [0.15, 0.2) is 5.78 Å². The molecule has 0 saturated heterocycles. The first-order chi connectivity index (χ1) is 8.60. The van der Waals surface area contributed by atoms with E-state index in [-0.39, 0.29) is 24.5 Å². The number of hydrogen-bond donors (Lipinski definition) is 1. The Morgan fingerprint density at radius 2 is 2.28 bits per heavy atom. The standard InChI is InChI=1S/C12H13NO5/c1-2-12(15)10-8-9(18-7-3-6-14)4-5-11(10)13(16)17/h2,4-5,8,14H,1,3,6-7H2. The number of nitrogens with zero attached hydrogens (tertiary/aromatic N) is 1. The van der Waals surface area contributed by atoms with Crippen molar-refractivity contribution in [3.63, 3.8) is 0 Å². The van der Waals surface area contributed by atoms with E-state index in [1.54, 1.807) is 0 Å². The number of allylic oxidation sites excluding steroid dienone is 1. The summed E-state index contributed by atoms with van der Waals surface area (Å²) in [6.07, 6.45) is 1.46. The molecule has 6 nitrogen and oxygen atoms in total. The minimum Gasteiger partial charge on any atom is -0.493 e. The third-order valence-corrected chi connectivity index (χ3v) is 2.19. The number of rotatable bonds is 7. The van der Waals surface area contributed by atoms with Crippen LogP contribution >= 0.6 is 0 Å². The molecule has 1 aromatic carbocycles. The van der Waals surface area contributed by atoms with Crippen LogP contribution in [-0.4, -0.2) is 29.0 Å². The van der Waals surface area contributed by atoms with Gasteiger partial charge in [0, 0.05) is 19.1 Å². The topological polar surface area (TPSA) is 89.7 Å². The number of hydrogen-bond acceptors (Lipinski definition) is 5. The molecule has 1 aromatic rings. The highest BCUT2D eigenvalue weighted by Gasteiger charge is 2.18. The first-order valence-electron chi connectivity index (χ1n) is 5.29. The maximum absolute atomic E-state index is 11.5. The summed E-state index contributed by atoms with van der Waals surface area (Å²) in [5, 5.41) is 19.4. The highest BCUT2D eigenvalue weighted by atomic mass is 16.6. The fraction of sp³-hybridized carbons (Fsp3) is 0.250. The average molecular weight is 251 g/mol. The Labute approximate surface area is 104 Å². The Morgan fingerprint density at radius 1 is 1.56 bits per heavy atom. The van der Waals surface area contributed by atoms with E-state index in [1.807, 2.05) is 0 Å². The molecule has 0 spiro atoms. The quantitative estimate of drug-likeness (QED) is 0.262. The lowest BCUT2D eigenvalue weighted by atomic mass is 10.1. The molecule has 0 aromatic heterocycles. The Balaban J connectivity index is 3.01. The van der Waals surface area contributed by atoms with Crippen LogP contribution in [0.1, 0.15) is 16.8 Å². The molecule has 0 radical (unpaired) electrons. The van der Waals surface area contributed by atoms with Gasteiger partial charge in [-0.15, -0.1) is 0 Å². The van der Waals surface area contributed by atoms with Crippen LogP contribution in [0.25, 0.3) is 0 Å². The zero-order chi connectivity index (χ0) is 13.5. The van der Waals surface area contributed by atoms with E-state index < -0.39 is 10.7 Å². The number of nitro groups is 1. The molecule has 0 unspecified atom stereocenters. The molecule has 0 fully saturated rings. The van der Waals surface area contributed by atoms with Gasteiger partial charge in [0.05, 0.1) is 11.5 Å². The lowest BCUT2D eigenvalue weighted by molar-refractivity contribution is -0.385. The summed E-state index contributed by atoms with van der Waals surface area (Å²) in [6, 6.07) is 3.93. The van der Waals surface area contributed by atoms with E-state index in [1.165, 1.54) is 18.2 Å². The number of carbonyl (C=O) groups is 1. The summed E-state index contributed by atoms with van der Waals surface area (Å²) >= 11 is 0. The molecule has 96 valence electrons. The monoisotopic (exact) mass is 251 g/mol. The molecule has 0 saturated carbocycles. The van der Waals surface area contributed by atoms with Crippen molar-refractivity contribution < 1.29 is 19.6 Å². The zero-order valence-corrected chi connectivity index (χ0v) is 9.67. The molecule has 0 aliphatic rings. The zero-order valence-electron chi connectivity index (χ0n) is 9.67. The number of ketones is 1. The van der Waals surface area contributed by atoms with Crippen molar-refractivity contribution in [2.24, 2.45) is 0 Å². The largest absolute Gasteiger partial charge is 0.493 e. The summed E-state index contributed by atoms with van der Waals surface area (Å²) in [7, 11) is 0. The fourth-order valence-electron chi connectivity index (χ4n) is 1.33. The predicted molar refractivity (Wildman–Crippen MR) is 64.8 cm³/mol.